The molecule has 1 aromatic carbocycles. The Morgan fingerprint density at radius 2 is 2.00 bits per heavy atom. The van der Waals surface area contributed by atoms with E-state index >= 15 is 0 Å². The lowest BCUT2D eigenvalue weighted by molar-refractivity contribution is 0.414. The summed E-state index contributed by atoms with van der Waals surface area (Å²) >= 11 is 0. The van der Waals surface area contributed by atoms with Crippen molar-refractivity contribution < 1.29 is 5.11 Å². The van der Waals surface area contributed by atoms with Gasteiger partial charge in [0.2, 0.25) is 5.95 Å². The van der Waals surface area contributed by atoms with Crippen molar-refractivity contribution in [1.82, 2.24) is 9.55 Å². The zero-order chi connectivity index (χ0) is 11.2. The molecule has 80 valence electrons. The molecular weight excluding hydrogens is 190 g/mol. The summed E-state index contributed by atoms with van der Waals surface area (Å²) < 4.78 is 1.96. The number of nitrogen functional groups attached to an aromatic ring is 1. The largest absolute Gasteiger partial charge is 0.508 e. The van der Waals surface area contributed by atoms with Crippen LogP contribution in [0.25, 0.3) is 11.0 Å². The molecule has 0 radical (unpaired) electrons. The van der Waals surface area contributed by atoms with Gasteiger partial charge in [-0.25, -0.2) is 4.98 Å². The number of phenolic OH excluding ortho intramolecular Hbond substituents is 1. The molecule has 0 amide bonds. The molecule has 0 fully saturated rings. The molecule has 0 spiro atoms. The molecule has 0 saturated carbocycles. The highest BCUT2D eigenvalue weighted by molar-refractivity contribution is 5.80. The Bertz CT molecular complexity index is 508. The van der Waals surface area contributed by atoms with Crippen molar-refractivity contribution in [3.05, 3.63) is 18.2 Å². The van der Waals surface area contributed by atoms with Gasteiger partial charge in [0.25, 0.3) is 0 Å². The van der Waals surface area contributed by atoms with Crippen molar-refractivity contribution in [2.24, 2.45) is 0 Å². The minimum atomic E-state index is -0.115. The number of fused-ring (bicyclic) bond motifs is 1. The number of anilines is 1. The number of benzene rings is 1. The van der Waals surface area contributed by atoms with Crippen LogP contribution in [-0.2, 0) is 5.54 Å². The molecule has 0 bridgehead atoms. The molecular formula is C11H15N3O. The Morgan fingerprint density at radius 1 is 1.33 bits per heavy atom. The molecule has 2 rings (SSSR count). The molecule has 15 heavy (non-hydrogen) atoms. The number of phenols is 1. The average molecular weight is 205 g/mol. The van der Waals surface area contributed by atoms with E-state index in [0.717, 1.165) is 11.0 Å². The van der Waals surface area contributed by atoms with Crippen LogP contribution in [0, 0.1) is 0 Å². The molecule has 0 aliphatic carbocycles. The fraction of sp³-hybridized carbons (Fsp3) is 0.364. The van der Waals surface area contributed by atoms with Gasteiger partial charge in [0.05, 0.1) is 11.0 Å². The maximum absolute atomic E-state index is 9.34. The molecule has 4 nitrogen and oxygen atoms in total. The molecule has 3 N–H and O–H groups in total. The van der Waals surface area contributed by atoms with E-state index in [9.17, 15) is 5.11 Å². The second kappa shape index (κ2) is 2.89. The van der Waals surface area contributed by atoms with Gasteiger partial charge in [-0.2, -0.15) is 0 Å². The lowest BCUT2D eigenvalue weighted by Crippen LogP contribution is -2.23. The summed E-state index contributed by atoms with van der Waals surface area (Å²) in [6, 6.07) is 5.10. The highest BCUT2D eigenvalue weighted by Gasteiger charge is 2.19. The number of imidazole rings is 1. The molecule has 0 aliphatic rings. The Hall–Kier alpha value is -1.71. The summed E-state index contributed by atoms with van der Waals surface area (Å²) in [7, 11) is 0. The summed E-state index contributed by atoms with van der Waals surface area (Å²) in [5, 5.41) is 9.34. The van der Waals surface area contributed by atoms with Crippen LogP contribution in [0.15, 0.2) is 18.2 Å². The maximum atomic E-state index is 9.34. The van der Waals surface area contributed by atoms with E-state index in [1.165, 1.54) is 0 Å². The third-order valence-corrected chi connectivity index (χ3v) is 2.33. The van der Waals surface area contributed by atoms with Crippen LogP contribution in [-0.4, -0.2) is 14.7 Å². The Kier molecular flexibility index (Phi) is 1.89. The zero-order valence-electron chi connectivity index (χ0n) is 9.15. The van der Waals surface area contributed by atoms with Crippen LogP contribution >= 0.6 is 0 Å². The summed E-state index contributed by atoms with van der Waals surface area (Å²) in [6.45, 7) is 6.20. The van der Waals surface area contributed by atoms with Crippen LogP contribution in [0.2, 0.25) is 0 Å². The topological polar surface area (TPSA) is 64.1 Å². The number of nitrogens with two attached hydrogens (primary N) is 1. The minimum Gasteiger partial charge on any atom is -0.508 e. The lowest BCUT2D eigenvalue weighted by atomic mass is 10.1. The second-order valence-electron chi connectivity index (χ2n) is 4.65. The van der Waals surface area contributed by atoms with Gasteiger partial charge >= 0.3 is 0 Å². The third-order valence-electron chi connectivity index (χ3n) is 2.33. The maximum Gasteiger partial charge on any atom is 0.201 e. The van der Waals surface area contributed by atoms with Crippen molar-refractivity contribution in [2.75, 3.05) is 5.73 Å². The van der Waals surface area contributed by atoms with E-state index in [2.05, 4.69) is 25.8 Å². The predicted molar refractivity (Wildman–Crippen MR) is 60.8 cm³/mol. The molecule has 0 aliphatic heterocycles. The van der Waals surface area contributed by atoms with Crippen molar-refractivity contribution in [3.8, 4) is 5.75 Å². The smallest absolute Gasteiger partial charge is 0.201 e. The molecule has 0 saturated heterocycles. The summed E-state index contributed by atoms with van der Waals surface area (Å²) in [5.74, 6) is 0.684. The first kappa shape index (κ1) is 9.83. The average Bonchev–Trinajstić information content (AvgIpc) is 2.38. The van der Waals surface area contributed by atoms with Crippen molar-refractivity contribution in [1.29, 1.82) is 0 Å². The van der Waals surface area contributed by atoms with Gasteiger partial charge in [0.15, 0.2) is 0 Å². The summed E-state index contributed by atoms with van der Waals surface area (Å²) in [6.07, 6.45) is 0. The SMILES string of the molecule is CC(C)(C)n1c(N)nc2cc(O)ccc21. The Morgan fingerprint density at radius 3 is 2.60 bits per heavy atom. The molecule has 1 aromatic heterocycles. The van der Waals surface area contributed by atoms with Crippen LogP contribution in [0.1, 0.15) is 20.8 Å². The number of aromatic nitrogens is 2. The highest BCUT2D eigenvalue weighted by Crippen LogP contribution is 2.28. The van der Waals surface area contributed by atoms with Gasteiger partial charge in [0.1, 0.15) is 5.75 Å². The molecule has 0 unspecified atom stereocenters. The Balaban J connectivity index is 2.80. The minimum absolute atomic E-state index is 0.115. The van der Waals surface area contributed by atoms with Crippen LogP contribution in [0.3, 0.4) is 0 Å². The molecule has 0 atom stereocenters. The normalized spacial score (nSPS) is 12.2. The third kappa shape index (κ3) is 1.52. The van der Waals surface area contributed by atoms with E-state index < -0.39 is 0 Å². The monoisotopic (exact) mass is 205 g/mol. The number of hydrogen-bond acceptors (Lipinski definition) is 3. The summed E-state index contributed by atoms with van der Waals surface area (Å²) in [5.41, 5.74) is 7.41. The first-order chi connectivity index (χ1) is 6.89. The van der Waals surface area contributed by atoms with Gasteiger partial charge in [-0.05, 0) is 32.9 Å². The van der Waals surface area contributed by atoms with E-state index in [-0.39, 0.29) is 11.3 Å². The standard InChI is InChI=1S/C11H15N3O/c1-11(2,3)14-9-5-4-7(15)6-8(9)13-10(14)12/h4-6,15H,1-3H3,(H2,12,13). The van der Waals surface area contributed by atoms with Crippen molar-refractivity contribution in [3.63, 3.8) is 0 Å². The van der Waals surface area contributed by atoms with E-state index in [0.29, 0.717) is 5.95 Å². The fourth-order valence-corrected chi connectivity index (χ4v) is 1.79. The van der Waals surface area contributed by atoms with E-state index in [1.807, 2.05) is 10.6 Å². The quantitative estimate of drug-likeness (QED) is 0.692. The van der Waals surface area contributed by atoms with E-state index in [1.54, 1.807) is 12.1 Å². The Labute approximate surface area is 88.3 Å². The van der Waals surface area contributed by atoms with Gasteiger partial charge in [0, 0.05) is 11.6 Å². The van der Waals surface area contributed by atoms with Gasteiger partial charge < -0.3 is 15.4 Å². The van der Waals surface area contributed by atoms with Gasteiger partial charge in [-0.1, -0.05) is 0 Å². The zero-order valence-corrected chi connectivity index (χ0v) is 9.15. The van der Waals surface area contributed by atoms with E-state index in [4.69, 9.17) is 5.73 Å². The fourth-order valence-electron chi connectivity index (χ4n) is 1.79. The second-order valence-corrected chi connectivity index (χ2v) is 4.65. The summed E-state index contributed by atoms with van der Waals surface area (Å²) in [4.78, 5) is 4.22. The lowest BCUT2D eigenvalue weighted by Gasteiger charge is -2.23. The highest BCUT2D eigenvalue weighted by atomic mass is 16.3. The van der Waals surface area contributed by atoms with Gasteiger partial charge in [-0.3, -0.25) is 0 Å². The number of hydrogen-bond donors (Lipinski definition) is 2. The van der Waals surface area contributed by atoms with Crippen LogP contribution in [0.5, 0.6) is 5.75 Å². The molecule has 2 aromatic rings. The van der Waals surface area contributed by atoms with Gasteiger partial charge in [-0.15, -0.1) is 0 Å². The predicted octanol–water partition coefficient (Wildman–Crippen LogP) is 2.08. The molecule has 1 heterocycles. The number of nitrogens with zero attached hydrogens (tertiary/aromatic N) is 2. The number of rotatable bonds is 0. The first-order valence-corrected chi connectivity index (χ1v) is 4.87. The van der Waals surface area contributed by atoms with Crippen molar-refractivity contribution >= 4 is 17.0 Å². The van der Waals surface area contributed by atoms with Crippen molar-refractivity contribution in [2.45, 2.75) is 26.3 Å². The molecule has 4 heteroatoms. The first-order valence-electron chi connectivity index (χ1n) is 4.87. The van der Waals surface area contributed by atoms with Crippen LogP contribution < -0.4 is 5.73 Å². The number of aromatic hydroxyl groups is 1. The van der Waals surface area contributed by atoms with Crippen LogP contribution in [0.4, 0.5) is 5.95 Å².